The number of rotatable bonds is 6. The van der Waals surface area contributed by atoms with E-state index in [-0.39, 0.29) is 5.91 Å². The molecule has 1 fully saturated rings. The third kappa shape index (κ3) is 4.44. The van der Waals surface area contributed by atoms with Gasteiger partial charge >= 0.3 is 0 Å². The maximum Gasteiger partial charge on any atom is 0.252 e. The molecule has 8 nitrogen and oxygen atoms in total. The van der Waals surface area contributed by atoms with Crippen molar-refractivity contribution < 1.29 is 9.53 Å². The van der Waals surface area contributed by atoms with E-state index in [1.807, 2.05) is 32.0 Å². The number of fused-ring (bicyclic) bond motifs is 1. The minimum Gasteiger partial charge on any atom is -0.379 e. The van der Waals surface area contributed by atoms with E-state index in [1.165, 1.54) is 6.33 Å². The number of hydrogen-bond donors (Lipinski definition) is 1. The highest BCUT2D eigenvalue weighted by atomic mass is 16.5. The molecule has 4 rings (SSSR count). The van der Waals surface area contributed by atoms with Gasteiger partial charge in [0.05, 0.1) is 13.2 Å². The lowest BCUT2D eigenvalue weighted by Gasteiger charge is -2.27. The summed E-state index contributed by atoms with van der Waals surface area (Å²) in [5, 5.41) is 7.30. The van der Waals surface area contributed by atoms with Gasteiger partial charge in [0.15, 0.2) is 0 Å². The largest absolute Gasteiger partial charge is 0.379 e. The van der Waals surface area contributed by atoms with Gasteiger partial charge in [0, 0.05) is 43.1 Å². The van der Waals surface area contributed by atoms with Gasteiger partial charge in [-0.2, -0.15) is 10.1 Å². The molecule has 3 aromatic rings. The molecule has 3 heterocycles. The zero-order chi connectivity index (χ0) is 20.2. The zero-order valence-electron chi connectivity index (χ0n) is 16.9. The quantitative estimate of drug-likeness (QED) is 0.690. The maximum absolute atomic E-state index is 12.7. The first-order valence-corrected chi connectivity index (χ1v) is 9.95. The summed E-state index contributed by atoms with van der Waals surface area (Å²) in [4.78, 5) is 23.6. The van der Waals surface area contributed by atoms with Crippen molar-refractivity contribution in [3.05, 3.63) is 53.1 Å². The molecule has 0 bridgehead atoms. The van der Waals surface area contributed by atoms with Gasteiger partial charge in [-0.25, -0.2) is 9.50 Å². The van der Waals surface area contributed by atoms with Crippen LogP contribution in [0, 0.1) is 13.8 Å². The van der Waals surface area contributed by atoms with Crippen molar-refractivity contribution >= 4 is 17.4 Å². The fourth-order valence-corrected chi connectivity index (χ4v) is 3.75. The van der Waals surface area contributed by atoms with Gasteiger partial charge in [0.1, 0.15) is 6.33 Å². The molecule has 0 unspecified atom stereocenters. The van der Waals surface area contributed by atoms with E-state index in [2.05, 4.69) is 31.3 Å². The molecular formula is C21H26N6O2. The number of aryl methyl sites for hydroxylation is 2. The lowest BCUT2D eigenvalue weighted by Crippen LogP contribution is -2.35. The van der Waals surface area contributed by atoms with E-state index < -0.39 is 0 Å². The second-order valence-electron chi connectivity index (χ2n) is 7.33. The van der Waals surface area contributed by atoms with Crippen LogP contribution in [0.25, 0.3) is 5.78 Å². The molecule has 1 saturated heterocycles. The van der Waals surface area contributed by atoms with Crippen molar-refractivity contribution in [1.29, 1.82) is 0 Å². The van der Waals surface area contributed by atoms with Crippen LogP contribution in [0.15, 0.2) is 30.6 Å². The van der Waals surface area contributed by atoms with Crippen molar-refractivity contribution in [2.75, 3.05) is 31.6 Å². The monoisotopic (exact) mass is 394 g/mol. The summed E-state index contributed by atoms with van der Waals surface area (Å²) >= 11 is 0. The first kappa shape index (κ1) is 19.5. The highest BCUT2D eigenvalue weighted by Crippen LogP contribution is 2.19. The molecular weight excluding hydrogens is 368 g/mol. The van der Waals surface area contributed by atoms with Gasteiger partial charge in [-0.05, 0) is 37.5 Å². The van der Waals surface area contributed by atoms with Gasteiger partial charge in [0.25, 0.3) is 5.78 Å². The lowest BCUT2D eigenvalue weighted by molar-refractivity contribution is -0.116. The Morgan fingerprint density at radius 2 is 2.00 bits per heavy atom. The Labute approximate surface area is 169 Å². The van der Waals surface area contributed by atoms with Crippen LogP contribution in [0.3, 0.4) is 0 Å². The van der Waals surface area contributed by atoms with E-state index in [0.717, 1.165) is 61.1 Å². The zero-order valence-corrected chi connectivity index (χ0v) is 16.9. The Kier molecular flexibility index (Phi) is 5.82. The second-order valence-corrected chi connectivity index (χ2v) is 7.33. The number of hydrogen-bond acceptors (Lipinski definition) is 6. The molecule has 1 N–H and O–H groups in total. The first-order valence-electron chi connectivity index (χ1n) is 9.95. The number of aromatic nitrogens is 4. The molecule has 1 aliphatic rings. The van der Waals surface area contributed by atoms with Crippen LogP contribution in [0.1, 0.15) is 28.9 Å². The van der Waals surface area contributed by atoms with Crippen molar-refractivity contribution in [2.45, 2.75) is 33.2 Å². The Balaban J connectivity index is 1.41. The smallest absolute Gasteiger partial charge is 0.252 e. The average molecular weight is 394 g/mol. The molecule has 0 atom stereocenters. The summed E-state index contributed by atoms with van der Waals surface area (Å²) in [6.45, 7) is 8.10. The predicted octanol–water partition coefficient (Wildman–Crippen LogP) is 2.14. The van der Waals surface area contributed by atoms with Crippen LogP contribution in [-0.4, -0.2) is 56.7 Å². The molecule has 0 saturated carbocycles. The van der Waals surface area contributed by atoms with Crippen molar-refractivity contribution in [3.63, 3.8) is 0 Å². The number of ether oxygens (including phenoxy) is 1. The summed E-state index contributed by atoms with van der Waals surface area (Å²) in [6, 6.07) is 8.00. The standard InChI is InChI=1S/C21H26N6O2/c1-15-18(16(2)27-21(24-15)22-14-23-27)7-8-20(28)25-19-6-4-3-5-17(19)13-26-9-11-29-12-10-26/h3-6,14H,7-13H2,1-2H3,(H,25,28). The van der Waals surface area contributed by atoms with Crippen LogP contribution < -0.4 is 5.32 Å². The fraction of sp³-hybridized carbons (Fsp3) is 0.429. The van der Waals surface area contributed by atoms with Crippen LogP contribution in [0.4, 0.5) is 5.69 Å². The van der Waals surface area contributed by atoms with E-state index in [9.17, 15) is 4.79 Å². The molecule has 8 heteroatoms. The second kappa shape index (κ2) is 8.67. The number of nitrogens with zero attached hydrogens (tertiary/aromatic N) is 5. The van der Waals surface area contributed by atoms with Gasteiger partial charge in [-0.3, -0.25) is 9.69 Å². The summed E-state index contributed by atoms with van der Waals surface area (Å²) in [5.41, 5.74) is 4.91. The van der Waals surface area contributed by atoms with Gasteiger partial charge < -0.3 is 10.1 Å². The van der Waals surface area contributed by atoms with Crippen LogP contribution in [-0.2, 0) is 22.5 Å². The number of carbonyl (C=O) groups is 1. The third-order valence-electron chi connectivity index (χ3n) is 5.38. The minimum atomic E-state index is -0.00286. The highest BCUT2D eigenvalue weighted by Gasteiger charge is 2.15. The van der Waals surface area contributed by atoms with Gasteiger partial charge in [0.2, 0.25) is 5.91 Å². The average Bonchev–Trinajstić information content (AvgIpc) is 3.19. The number of nitrogens with one attached hydrogen (secondary N) is 1. The normalized spacial score (nSPS) is 15.0. The van der Waals surface area contributed by atoms with E-state index in [1.54, 1.807) is 4.52 Å². The Hall–Kier alpha value is -2.84. The van der Waals surface area contributed by atoms with Crippen molar-refractivity contribution in [3.8, 4) is 0 Å². The molecule has 0 radical (unpaired) electrons. The summed E-state index contributed by atoms with van der Waals surface area (Å²) in [5.74, 6) is 0.585. The number of para-hydroxylation sites is 1. The van der Waals surface area contributed by atoms with Gasteiger partial charge in [-0.15, -0.1) is 0 Å². The summed E-state index contributed by atoms with van der Waals surface area (Å²) < 4.78 is 7.14. The molecule has 1 aliphatic heterocycles. The van der Waals surface area contributed by atoms with Crippen LogP contribution in [0.2, 0.25) is 0 Å². The molecule has 2 aromatic heterocycles. The third-order valence-corrected chi connectivity index (χ3v) is 5.38. The number of carbonyl (C=O) groups excluding carboxylic acids is 1. The number of morpholine rings is 1. The van der Waals surface area contributed by atoms with E-state index in [4.69, 9.17) is 4.74 Å². The lowest BCUT2D eigenvalue weighted by atomic mass is 10.1. The topological polar surface area (TPSA) is 84.6 Å². The van der Waals surface area contributed by atoms with Crippen LogP contribution >= 0.6 is 0 Å². The molecule has 1 aromatic carbocycles. The molecule has 152 valence electrons. The van der Waals surface area contributed by atoms with E-state index >= 15 is 0 Å². The first-order chi connectivity index (χ1) is 14.1. The summed E-state index contributed by atoms with van der Waals surface area (Å²) in [7, 11) is 0. The van der Waals surface area contributed by atoms with Gasteiger partial charge in [-0.1, -0.05) is 18.2 Å². The maximum atomic E-state index is 12.7. The number of benzene rings is 1. The molecule has 29 heavy (non-hydrogen) atoms. The predicted molar refractivity (Wildman–Crippen MR) is 110 cm³/mol. The molecule has 0 aliphatic carbocycles. The number of amides is 1. The highest BCUT2D eigenvalue weighted by molar-refractivity contribution is 5.91. The van der Waals surface area contributed by atoms with E-state index in [0.29, 0.717) is 18.6 Å². The van der Waals surface area contributed by atoms with Crippen LogP contribution in [0.5, 0.6) is 0 Å². The van der Waals surface area contributed by atoms with Crippen molar-refractivity contribution in [2.24, 2.45) is 0 Å². The number of anilines is 1. The Morgan fingerprint density at radius 1 is 1.21 bits per heavy atom. The molecule has 0 spiro atoms. The molecule has 1 amide bonds. The Morgan fingerprint density at radius 3 is 2.83 bits per heavy atom. The minimum absolute atomic E-state index is 0.00286. The Bertz CT molecular complexity index is 1010. The SMILES string of the molecule is Cc1nc2ncnn2c(C)c1CCC(=O)Nc1ccccc1CN1CCOCC1. The fourth-order valence-electron chi connectivity index (χ4n) is 3.75. The summed E-state index contributed by atoms with van der Waals surface area (Å²) in [6.07, 6.45) is 2.49. The van der Waals surface area contributed by atoms with Crippen molar-refractivity contribution in [1.82, 2.24) is 24.5 Å².